The van der Waals surface area contributed by atoms with Gasteiger partial charge in [0.1, 0.15) is 10.1 Å². The molecular weight excluding hydrogens is 290 g/mol. The second-order valence-corrected chi connectivity index (χ2v) is 7.14. The second-order valence-electron chi connectivity index (χ2n) is 5.46. The Bertz CT molecular complexity index is 588. The van der Waals surface area contributed by atoms with E-state index >= 15 is 0 Å². The van der Waals surface area contributed by atoms with E-state index < -0.39 is 0 Å². The molecule has 0 spiro atoms. The van der Waals surface area contributed by atoms with Crippen molar-refractivity contribution in [3.8, 4) is 5.75 Å². The van der Waals surface area contributed by atoms with Crippen LogP contribution in [0.3, 0.4) is 0 Å². The van der Waals surface area contributed by atoms with Crippen molar-refractivity contribution in [2.24, 2.45) is 0 Å². The first-order chi connectivity index (χ1) is 9.32. The maximum atomic E-state index is 12.4. The van der Waals surface area contributed by atoms with E-state index in [1.807, 2.05) is 51.1 Å². The number of thioether (sulfide) groups is 1. The summed E-state index contributed by atoms with van der Waals surface area (Å²) in [7, 11) is 1.62. The highest BCUT2D eigenvalue weighted by Gasteiger charge is 2.38. The molecule has 2 rings (SSSR count). The molecule has 0 unspecified atom stereocenters. The standard InChI is InChI=1S/C15H17NO2S2/c1-15(2,3)16-13(17)12(20-14(16)19)9-10-6-5-7-11(8-10)18-4/h5-9H,1-4H3. The number of thiocarbonyl (C=S) groups is 1. The summed E-state index contributed by atoms with van der Waals surface area (Å²) in [6, 6.07) is 7.60. The molecular formula is C15H17NO2S2. The zero-order valence-electron chi connectivity index (χ0n) is 12.0. The molecule has 0 aliphatic carbocycles. The van der Waals surface area contributed by atoms with Crippen LogP contribution >= 0.6 is 24.0 Å². The van der Waals surface area contributed by atoms with Gasteiger partial charge >= 0.3 is 0 Å². The average Bonchev–Trinajstić information content (AvgIpc) is 2.64. The van der Waals surface area contributed by atoms with Crippen molar-refractivity contribution in [1.82, 2.24) is 4.90 Å². The quantitative estimate of drug-likeness (QED) is 0.615. The third kappa shape index (κ3) is 3.04. The van der Waals surface area contributed by atoms with Gasteiger partial charge < -0.3 is 4.74 Å². The van der Waals surface area contributed by atoms with Crippen molar-refractivity contribution in [1.29, 1.82) is 0 Å². The number of nitrogens with zero attached hydrogens (tertiary/aromatic N) is 1. The normalized spacial score (nSPS) is 18.0. The average molecular weight is 307 g/mol. The SMILES string of the molecule is COc1cccc(C=C2SC(=S)N(C(C)(C)C)C2=O)c1. The molecule has 1 fully saturated rings. The van der Waals surface area contributed by atoms with Crippen LogP contribution in [-0.4, -0.2) is 27.8 Å². The first kappa shape index (κ1) is 15.1. The van der Waals surface area contributed by atoms with E-state index in [0.717, 1.165) is 11.3 Å². The lowest BCUT2D eigenvalue weighted by Crippen LogP contribution is -2.44. The Kier molecular flexibility index (Phi) is 4.20. The predicted molar refractivity (Wildman–Crippen MR) is 87.8 cm³/mol. The Morgan fingerprint density at radius 1 is 1.35 bits per heavy atom. The number of carbonyl (C=O) groups excluding carboxylic acids is 1. The van der Waals surface area contributed by atoms with Crippen LogP contribution in [0.15, 0.2) is 29.2 Å². The van der Waals surface area contributed by atoms with E-state index in [0.29, 0.717) is 9.23 Å². The zero-order valence-corrected chi connectivity index (χ0v) is 13.6. The smallest absolute Gasteiger partial charge is 0.266 e. The van der Waals surface area contributed by atoms with Gasteiger partial charge in [-0.25, -0.2) is 0 Å². The number of benzene rings is 1. The van der Waals surface area contributed by atoms with Crippen molar-refractivity contribution in [3.05, 3.63) is 34.7 Å². The van der Waals surface area contributed by atoms with Crippen LogP contribution < -0.4 is 4.74 Å². The lowest BCUT2D eigenvalue weighted by molar-refractivity contribution is -0.125. The first-order valence-corrected chi connectivity index (χ1v) is 7.47. The molecule has 20 heavy (non-hydrogen) atoms. The number of rotatable bonds is 2. The topological polar surface area (TPSA) is 29.5 Å². The van der Waals surface area contributed by atoms with Crippen LogP contribution in [0, 0.1) is 0 Å². The highest BCUT2D eigenvalue weighted by Crippen LogP contribution is 2.37. The maximum Gasteiger partial charge on any atom is 0.266 e. The van der Waals surface area contributed by atoms with Gasteiger partial charge in [0.05, 0.1) is 12.0 Å². The molecule has 1 amide bonds. The van der Waals surface area contributed by atoms with E-state index in [1.165, 1.54) is 11.8 Å². The molecule has 1 aliphatic heterocycles. The van der Waals surface area contributed by atoms with Crippen LogP contribution in [0.2, 0.25) is 0 Å². The summed E-state index contributed by atoms with van der Waals surface area (Å²) in [5.41, 5.74) is 0.629. The van der Waals surface area contributed by atoms with Gasteiger partial charge in [-0.05, 0) is 44.5 Å². The van der Waals surface area contributed by atoms with Crippen LogP contribution in [0.4, 0.5) is 0 Å². The Morgan fingerprint density at radius 3 is 2.60 bits per heavy atom. The van der Waals surface area contributed by atoms with E-state index in [-0.39, 0.29) is 11.4 Å². The third-order valence-corrected chi connectivity index (χ3v) is 4.16. The first-order valence-electron chi connectivity index (χ1n) is 6.25. The van der Waals surface area contributed by atoms with Crippen LogP contribution in [-0.2, 0) is 4.79 Å². The van der Waals surface area contributed by atoms with E-state index in [4.69, 9.17) is 17.0 Å². The molecule has 0 N–H and O–H groups in total. The van der Waals surface area contributed by atoms with Crippen molar-refractivity contribution < 1.29 is 9.53 Å². The van der Waals surface area contributed by atoms with Crippen molar-refractivity contribution >= 4 is 40.3 Å². The Labute approximate surface area is 129 Å². The minimum absolute atomic E-state index is 0.0321. The maximum absolute atomic E-state index is 12.4. The Hall–Kier alpha value is -1.33. The molecule has 106 valence electrons. The molecule has 0 atom stereocenters. The number of carbonyl (C=O) groups is 1. The number of hydrogen-bond donors (Lipinski definition) is 0. The molecule has 0 bridgehead atoms. The van der Waals surface area contributed by atoms with Gasteiger partial charge in [0, 0.05) is 5.54 Å². The third-order valence-electron chi connectivity index (χ3n) is 2.86. The van der Waals surface area contributed by atoms with Crippen molar-refractivity contribution in [3.63, 3.8) is 0 Å². The minimum Gasteiger partial charge on any atom is -0.497 e. The molecule has 1 aromatic carbocycles. The van der Waals surface area contributed by atoms with Crippen LogP contribution in [0.25, 0.3) is 6.08 Å². The fourth-order valence-corrected chi connectivity index (χ4v) is 3.56. The summed E-state index contributed by atoms with van der Waals surface area (Å²) in [6.45, 7) is 5.94. The second kappa shape index (κ2) is 5.58. The Balaban J connectivity index is 2.32. The van der Waals surface area contributed by atoms with Gasteiger partial charge in [-0.15, -0.1) is 0 Å². The lowest BCUT2D eigenvalue weighted by Gasteiger charge is -2.30. The van der Waals surface area contributed by atoms with Gasteiger partial charge in [-0.3, -0.25) is 9.69 Å². The van der Waals surface area contributed by atoms with Crippen LogP contribution in [0.5, 0.6) is 5.75 Å². The van der Waals surface area contributed by atoms with Crippen molar-refractivity contribution in [2.75, 3.05) is 7.11 Å². The molecule has 1 aliphatic rings. The molecule has 1 heterocycles. The molecule has 1 aromatic rings. The van der Waals surface area contributed by atoms with Gasteiger partial charge in [0.15, 0.2) is 0 Å². The number of methoxy groups -OCH3 is 1. The van der Waals surface area contributed by atoms with Gasteiger partial charge in [0.25, 0.3) is 5.91 Å². The summed E-state index contributed by atoms with van der Waals surface area (Å²) >= 11 is 6.66. The number of ether oxygens (including phenoxy) is 1. The summed E-state index contributed by atoms with van der Waals surface area (Å²) in [6.07, 6.45) is 1.85. The van der Waals surface area contributed by atoms with E-state index in [1.54, 1.807) is 12.0 Å². The van der Waals surface area contributed by atoms with Gasteiger partial charge in [-0.2, -0.15) is 0 Å². The summed E-state index contributed by atoms with van der Waals surface area (Å²) in [5, 5.41) is 0. The van der Waals surface area contributed by atoms with Gasteiger partial charge in [-0.1, -0.05) is 36.1 Å². The zero-order chi connectivity index (χ0) is 14.9. The number of amides is 1. The molecule has 1 saturated heterocycles. The largest absolute Gasteiger partial charge is 0.497 e. The minimum atomic E-state index is -0.300. The highest BCUT2D eigenvalue weighted by atomic mass is 32.2. The predicted octanol–water partition coefficient (Wildman–Crippen LogP) is 3.69. The highest BCUT2D eigenvalue weighted by molar-refractivity contribution is 8.26. The lowest BCUT2D eigenvalue weighted by atomic mass is 10.1. The molecule has 0 saturated carbocycles. The van der Waals surface area contributed by atoms with Crippen molar-refractivity contribution in [2.45, 2.75) is 26.3 Å². The van der Waals surface area contributed by atoms with Crippen LogP contribution in [0.1, 0.15) is 26.3 Å². The monoisotopic (exact) mass is 307 g/mol. The molecule has 5 heteroatoms. The number of hydrogen-bond acceptors (Lipinski definition) is 4. The van der Waals surface area contributed by atoms with Gasteiger partial charge in [0.2, 0.25) is 0 Å². The summed E-state index contributed by atoms with van der Waals surface area (Å²) in [5.74, 6) is 0.736. The summed E-state index contributed by atoms with van der Waals surface area (Å²) in [4.78, 5) is 14.8. The molecule has 0 aromatic heterocycles. The van der Waals surface area contributed by atoms with E-state index in [2.05, 4.69) is 0 Å². The summed E-state index contributed by atoms with van der Waals surface area (Å²) < 4.78 is 5.79. The molecule has 0 radical (unpaired) electrons. The fraction of sp³-hybridized carbons (Fsp3) is 0.333. The molecule has 3 nitrogen and oxygen atoms in total. The fourth-order valence-electron chi connectivity index (χ4n) is 1.93. The van der Waals surface area contributed by atoms with E-state index in [9.17, 15) is 4.79 Å². The Morgan fingerprint density at radius 2 is 2.05 bits per heavy atom.